The molecule has 1 aromatic heterocycles. The Hall–Kier alpha value is -1.46. The SMILES string of the molecule is NC1CC(Cc2ccsc2)CN(c2ccc(F)c(F)c2)C1. The predicted molar refractivity (Wildman–Crippen MR) is 82.7 cm³/mol. The molecule has 1 aliphatic heterocycles. The number of nitrogens with zero attached hydrogens (tertiary/aromatic N) is 1. The highest BCUT2D eigenvalue weighted by molar-refractivity contribution is 7.07. The standard InChI is InChI=1S/C16H18F2N2S/c17-15-2-1-14(7-16(15)18)20-8-12(6-13(19)9-20)5-11-3-4-21-10-11/h1-4,7,10,12-13H,5-6,8-9,19H2. The molecule has 1 saturated heterocycles. The Morgan fingerprint density at radius 1 is 1.19 bits per heavy atom. The fourth-order valence-corrected chi connectivity index (χ4v) is 3.71. The maximum atomic E-state index is 13.4. The van der Waals surface area contributed by atoms with Crippen molar-refractivity contribution in [3.8, 4) is 0 Å². The number of rotatable bonds is 3. The largest absolute Gasteiger partial charge is 0.370 e. The maximum Gasteiger partial charge on any atom is 0.160 e. The zero-order valence-electron chi connectivity index (χ0n) is 11.6. The number of anilines is 1. The molecule has 2 heterocycles. The summed E-state index contributed by atoms with van der Waals surface area (Å²) in [6.45, 7) is 1.51. The summed E-state index contributed by atoms with van der Waals surface area (Å²) in [5, 5.41) is 4.23. The van der Waals surface area contributed by atoms with Gasteiger partial charge in [-0.15, -0.1) is 0 Å². The Bertz CT molecular complexity index is 600. The minimum absolute atomic E-state index is 0.0653. The van der Waals surface area contributed by atoms with Crippen LogP contribution in [-0.2, 0) is 6.42 Å². The molecule has 112 valence electrons. The number of halogens is 2. The second-order valence-electron chi connectivity index (χ2n) is 5.70. The lowest BCUT2D eigenvalue weighted by Gasteiger charge is -2.38. The second kappa shape index (κ2) is 6.12. The van der Waals surface area contributed by atoms with Crippen LogP contribution < -0.4 is 10.6 Å². The maximum absolute atomic E-state index is 13.4. The predicted octanol–water partition coefficient (Wildman–Crippen LogP) is 3.42. The van der Waals surface area contributed by atoms with E-state index in [4.69, 9.17) is 5.73 Å². The van der Waals surface area contributed by atoms with Crippen LogP contribution in [0.3, 0.4) is 0 Å². The van der Waals surface area contributed by atoms with E-state index in [1.165, 1.54) is 17.7 Å². The molecule has 1 aromatic carbocycles. The summed E-state index contributed by atoms with van der Waals surface area (Å²) in [6.07, 6.45) is 1.95. The van der Waals surface area contributed by atoms with Gasteiger partial charge in [-0.1, -0.05) is 0 Å². The van der Waals surface area contributed by atoms with Crippen LogP contribution in [-0.4, -0.2) is 19.1 Å². The van der Waals surface area contributed by atoms with Gasteiger partial charge in [-0.2, -0.15) is 11.3 Å². The lowest BCUT2D eigenvalue weighted by Crippen LogP contribution is -2.47. The lowest BCUT2D eigenvalue weighted by molar-refractivity contribution is 0.374. The summed E-state index contributed by atoms with van der Waals surface area (Å²) < 4.78 is 26.5. The van der Waals surface area contributed by atoms with Crippen LogP contribution in [0.4, 0.5) is 14.5 Å². The van der Waals surface area contributed by atoms with Crippen molar-refractivity contribution in [2.24, 2.45) is 11.7 Å². The summed E-state index contributed by atoms with van der Waals surface area (Å²) in [5.41, 5.74) is 8.17. The molecule has 2 atom stereocenters. The molecular formula is C16H18F2N2S. The van der Waals surface area contributed by atoms with E-state index in [1.807, 2.05) is 0 Å². The summed E-state index contributed by atoms with van der Waals surface area (Å²) in [7, 11) is 0. The van der Waals surface area contributed by atoms with Gasteiger partial charge in [-0.25, -0.2) is 8.78 Å². The summed E-state index contributed by atoms with van der Waals surface area (Å²) in [6, 6.07) is 6.26. The zero-order valence-corrected chi connectivity index (χ0v) is 12.5. The topological polar surface area (TPSA) is 29.3 Å². The Kier molecular flexibility index (Phi) is 4.22. The van der Waals surface area contributed by atoms with E-state index in [0.717, 1.165) is 19.4 Å². The Balaban J connectivity index is 1.74. The zero-order chi connectivity index (χ0) is 14.8. The number of hydrogen-bond donors (Lipinski definition) is 1. The quantitative estimate of drug-likeness (QED) is 0.941. The van der Waals surface area contributed by atoms with Crippen LogP contribution >= 0.6 is 11.3 Å². The molecular weight excluding hydrogens is 290 g/mol. The third-order valence-corrected chi connectivity index (χ3v) is 4.67. The van der Waals surface area contributed by atoms with Crippen LogP contribution in [0.25, 0.3) is 0 Å². The molecule has 1 aliphatic rings. The number of piperidine rings is 1. The molecule has 0 aliphatic carbocycles. The highest BCUT2D eigenvalue weighted by Crippen LogP contribution is 2.26. The Morgan fingerprint density at radius 2 is 2.05 bits per heavy atom. The van der Waals surface area contributed by atoms with Crippen LogP contribution in [0.1, 0.15) is 12.0 Å². The minimum Gasteiger partial charge on any atom is -0.370 e. The first kappa shape index (κ1) is 14.5. The van der Waals surface area contributed by atoms with E-state index >= 15 is 0 Å². The molecule has 0 spiro atoms. The van der Waals surface area contributed by atoms with Crippen LogP contribution in [0.15, 0.2) is 35.0 Å². The fourth-order valence-electron chi connectivity index (χ4n) is 3.03. The average molecular weight is 308 g/mol. The summed E-state index contributed by atoms with van der Waals surface area (Å²) in [4.78, 5) is 2.06. The van der Waals surface area contributed by atoms with Crippen LogP contribution in [0.5, 0.6) is 0 Å². The van der Waals surface area contributed by atoms with Gasteiger partial charge in [0, 0.05) is 30.9 Å². The van der Waals surface area contributed by atoms with E-state index in [2.05, 4.69) is 21.7 Å². The van der Waals surface area contributed by atoms with Crippen LogP contribution in [0.2, 0.25) is 0 Å². The lowest BCUT2D eigenvalue weighted by atomic mass is 9.89. The van der Waals surface area contributed by atoms with Crippen molar-refractivity contribution in [2.75, 3.05) is 18.0 Å². The van der Waals surface area contributed by atoms with Crippen molar-refractivity contribution >= 4 is 17.0 Å². The van der Waals surface area contributed by atoms with Gasteiger partial charge in [-0.3, -0.25) is 0 Å². The number of thiophene rings is 1. The van der Waals surface area contributed by atoms with Gasteiger partial charge < -0.3 is 10.6 Å². The van der Waals surface area contributed by atoms with Gasteiger partial charge in [0.15, 0.2) is 11.6 Å². The molecule has 0 saturated carbocycles. The minimum atomic E-state index is -0.810. The highest BCUT2D eigenvalue weighted by atomic mass is 32.1. The van der Waals surface area contributed by atoms with E-state index in [1.54, 1.807) is 17.4 Å². The number of hydrogen-bond acceptors (Lipinski definition) is 3. The Labute approximate surface area is 127 Å². The first-order valence-electron chi connectivity index (χ1n) is 7.08. The number of benzene rings is 1. The molecule has 2 aromatic rings. The molecule has 2 N–H and O–H groups in total. The van der Waals surface area contributed by atoms with Crippen molar-refractivity contribution < 1.29 is 8.78 Å². The molecule has 21 heavy (non-hydrogen) atoms. The highest BCUT2D eigenvalue weighted by Gasteiger charge is 2.26. The van der Waals surface area contributed by atoms with Crippen molar-refractivity contribution in [1.29, 1.82) is 0 Å². The van der Waals surface area contributed by atoms with Crippen molar-refractivity contribution in [3.05, 3.63) is 52.2 Å². The van der Waals surface area contributed by atoms with Gasteiger partial charge in [0.05, 0.1) is 0 Å². The van der Waals surface area contributed by atoms with Gasteiger partial charge in [-0.05, 0) is 53.3 Å². The summed E-state index contributed by atoms with van der Waals surface area (Å²) >= 11 is 1.69. The fraction of sp³-hybridized carbons (Fsp3) is 0.375. The Morgan fingerprint density at radius 3 is 2.76 bits per heavy atom. The van der Waals surface area contributed by atoms with Gasteiger partial charge in [0.25, 0.3) is 0 Å². The van der Waals surface area contributed by atoms with Gasteiger partial charge in [0.1, 0.15) is 0 Å². The van der Waals surface area contributed by atoms with E-state index in [-0.39, 0.29) is 6.04 Å². The molecule has 0 amide bonds. The molecule has 2 unspecified atom stereocenters. The van der Waals surface area contributed by atoms with Crippen molar-refractivity contribution in [3.63, 3.8) is 0 Å². The molecule has 3 rings (SSSR count). The molecule has 2 nitrogen and oxygen atoms in total. The number of nitrogens with two attached hydrogens (primary N) is 1. The van der Waals surface area contributed by atoms with Gasteiger partial charge in [0.2, 0.25) is 0 Å². The molecule has 0 bridgehead atoms. The first-order chi connectivity index (χ1) is 10.1. The second-order valence-corrected chi connectivity index (χ2v) is 6.48. The van der Waals surface area contributed by atoms with Crippen molar-refractivity contribution in [1.82, 2.24) is 0 Å². The summed E-state index contributed by atoms with van der Waals surface area (Å²) in [5.74, 6) is -1.17. The van der Waals surface area contributed by atoms with Crippen molar-refractivity contribution in [2.45, 2.75) is 18.9 Å². The monoisotopic (exact) mass is 308 g/mol. The van der Waals surface area contributed by atoms with Crippen LogP contribution in [0, 0.1) is 17.6 Å². The molecule has 5 heteroatoms. The molecule has 1 fully saturated rings. The molecule has 0 radical (unpaired) electrons. The smallest absolute Gasteiger partial charge is 0.160 e. The third kappa shape index (κ3) is 3.41. The van der Waals surface area contributed by atoms with E-state index < -0.39 is 11.6 Å². The third-order valence-electron chi connectivity index (χ3n) is 3.94. The van der Waals surface area contributed by atoms with Gasteiger partial charge >= 0.3 is 0 Å². The first-order valence-corrected chi connectivity index (χ1v) is 8.03. The average Bonchev–Trinajstić information content (AvgIpc) is 2.94. The van der Waals surface area contributed by atoms with E-state index in [9.17, 15) is 8.78 Å². The van der Waals surface area contributed by atoms with E-state index in [0.29, 0.717) is 18.2 Å². The normalized spacial score (nSPS) is 22.5.